The van der Waals surface area contributed by atoms with Crippen LogP contribution in [0.25, 0.3) is 0 Å². The number of anilines is 1. The standard InChI is InChI=1S/C13H11FN2O3S/c1-7-10(6-11(17)18)20-13(15-7)16-12(19)8-4-2-3-5-9(8)14/h2-5H,6H2,1H3,(H,17,18)(H,15,16,19). The first-order valence-corrected chi connectivity index (χ1v) is 6.53. The Balaban J connectivity index is 2.16. The molecule has 0 saturated carbocycles. The lowest BCUT2D eigenvalue weighted by atomic mass is 10.2. The number of carboxylic acid groups (broad SMARTS) is 1. The molecule has 1 heterocycles. The molecule has 7 heteroatoms. The molecule has 0 aliphatic heterocycles. The molecule has 0 unspecified atom stereocenters. The Morgan fingerprint density at radius 1 is 1.40 bits per heavy atom. The number of nitrogens with one attached hydrogen (secondary N) is 1. The summed E-state index contributed by atoms with van der Waals surface area (Å²) >= 11 is 1.07. The van der Waals surface area contributed by atoms with Crippen LogP contribution in [0.1, 0.15) is 20.9 Å². The van der Waals surface area contributed by atoms with E-state index in [-0.39, 0.29) is 17.1 Å². The van der Waals surface area contributed by atoms with Crippen molar-refractivity contribution in [1.82, 2.24) is 4.98 Å². The van der Waals surface area contributed by atoms with Gasteiger partial charge >= 0.3 is 5.97 Å². The maximum Gasteiger partial charge on any atom is 0.308 e. The quantitative estimate of drug-likeness (QED) is 0.908. The topological polar surface area (TPSA) is 79.3 Å². The molecule has 1 aromatic carbocycles. The Kier molecular flexibility index (Phi) is 4.09. The molecule has 0 spiro atoms. The summed E-state index contributed by atoms with van der Waals surface area (Å²) in [5.74, 6) is -2.20. The van der Waals surface area contributed by atoms with Gasteiger partial charge in [0.05, 0.1) is 17.7 Å². The fourth-order valence-electron chi connectivity index (χ4n) is 1.59. The van der Waals surface area contributed by atoms with Crippen LogP contribution in [0.15, 0.2) is 24.3 Å². The van der Waals surface area contributed by atoms with Gasteiger partial charge in [-0.05, 0) is 19.1 Å². The first-order valence-electron chi connectivity index (χ1n) is 5.71. The molecule has 104 valence electrons. The van der Waals surface area contributed by atoms with Crippen LogP contribution in [-0.2, 0) is 11.2 Å². The van der Waals surface area contributed by atoms with Crippen LogP contribution in [0.4, 0.5) is 9.52 Å². The molecule has 2 aromatic rings. The number of aryl methyl sites for hydroxylation is 1. The van der Waals surface area contributed by atoms with E-state index in [1.54, 1.807) is 13.0 Å². The number of aliphatic carboxylic acids is 1. The van der Waals surface area contributed by atoms with Gasteiger partial charge in [-0.3, -0.25) is 14.9 Å². The van der Waals surface area contributed by atoms with Gasteiger partial charge in [-0.2, -0.15) is 0 Å². The lowest BCUT2D eigenvalue weighted by Crippen LogP contribution is -2.13. The second-order valence-electron chi connectivity index (χ2n) is 4.03. The number of carbonyl (C=O) groups is 2. The van der Waals surface area contributed by atoms with Crippen molar-refractivity contribution in [3.8, 4) is 0 Å². The number of carboxylic acids is 1. The molecule has 0 aliphatic rings. The van der Waals surface area contributed by atoms with Crippen LogP contribution in [0, 0.1) is 12.7 Å². The minimum atomic E-state index is -0.969. The summed E-state index contributed by atoms with van der Waals surface area (Å²) < 4.78 is 13.4. The first kappa shape index (κ1) is 14.1. The number of hydrogen-bond acceptors (Lipinski definition) is 4. The Labute approximate surface area is 118 Å². The number of thiazole rings is 1. The number of benzene rings is 1. The predicted octanol–water partition coefficient (Wildman–Crippen LogP) is 2.47. The Morgan fingerprint density at radius 2 is 2.10 bits per heavy atom. The average molecular weight is 294 g/mol. The van der Waals surface area contributed by atoms with Crippen LogP contribution in [0.2, 0.25) is 0 Å². The van der Waals surface area contributed by atoms with Gasteiger partial charge in [-0.15, -0.1) is 11.3 Å². The van der Waals surface area contributed by atoms with Crippen LogP contribution in [-0.4, -0.2) is 22.0 Å². The lowest BCUT2D eigenvalue weighted by molar-refractivity contribution is -0.136. The van der Waals surface area contributed by atoms with Crippen LogP contribution in [0.3, 0.4) is 0 Å². The lowest BCUT2D eigenvalue weighted by Gasteiger charge is -2.02. The Morgan fingerprint density at radius 3 is 2.75 bits per heavy atom. The van der Waals surface area contributed by atoms with Crippen molar-refractivity contribution in [2.24, 2.45) is 0 Å². The molecule has 5 nitrogen and oxygen atoms in total. The highest BCUT2D eigenvalue weighted by Crippen LogP contribution is 2.23. The Hall–Kier alpha value is -2.28. The molecule has 1 amide bonds. The summed E-state index contributed by atoms with van der Waals surface area (Å²) in [4.78, 5) is 27.2. The third-order valence-corrected chi connectivity index (χ3v) is 3.62. The molecular weight excluding hydrogens is 283 g/mol. The molecule has 0 atom stereocenters. The average Bonchev–Trinajstić information content (AvgIpc) is 2.69. The smallest absolute Gasteiger partial charge is 0.308 e. The predicted molar refractivity (Wildman–Crippen MR) is 72.5 cm³/mol. The van der Waals surface area contributed by atoms with Gasteiger partial charge in [-0.25, -0.2) is 9.37 Å². The van der Waals surface area contributed by atoms with E-state index >= 15 is 0 Å². The molecule has 0 fully saturated rings. The van der Waals surface area contributed by atoms with E-state index in [1.807, 2.05) is 0 Å². The van der Waals surface area contributed by atoms with Crippen LogP contribution < -0.4 is 5.32 Å². The van der Waals surface area contributed by atoms with Crippen molar-refractivity contribution in [2.75, 3.05) is 5.32 Å². The second-order valence-corrected chi connectivity index (χ2v) is 5.12. The highest BCUT2D eigenvalue weighted by atomic mass is 32.1. The number of aromatic nitrogens is 1. The SMILES string of the molecule is Cc1nc(NC(=O)c2ccccc2F)sc1CC(=O)O. The zero-order valence-electron chi connectivity index (χ0n) is 10.5. The largest absolute Gasteiger partial charge is 0.481 e. The van der Waals surface area contributed by atoms with Gasteiger partial charge in [0.2, 0.25) is 0 Å². The monoisotopic (exact) mass is 294 g/mol. The van der Waals surface area contributed by atoms with Crippen molar-refractivity contribution < 1.29 is 19.1 Å². The minimum absolute atomic E-state index is 0.0832. The molecule has 2 N–H and O–H groups in total. The zero-order valence-corrected chi connectivity index (χ0v) is 11.3. The van der Waals surface area contributed by atoms with E-state index < -0.39 is 17.7 Å². The van der Waals surface area contributed by atoms with Crippen LogP contribution >= 0.6 is 11.3 Å². The third kappa shape index (κ3) is 3.18. The van der Waals surface area contributed by atoms with Crippen molar-refractivity contribution in [2.45, 2.75) is 13.3 Å². The van der Waals surface area contributed by atoms with Crippen LogP contribution in [0.5, 0.6) is 0 Å². The van der Waals surface area contributed by atoms with Crippen molar-refractivity contribution >= 4 is 28.3 Å². The van der Waals surface area contributed by atoms with Gasteiger partial charge in [0.1, 0.15) is 5.82 Å². The van der Waals surface area contributed by atoms with Gasteiger partial charge in [0, 0.05) is 4.88 Å². The molecule has 0 radical (unpaired) electrons. The van der Waals surface area contributed by atoms with E-state index in [0.717, 1.165) is 11.3 Å². The number of carbonyl (C=O) groups excluding carboxylic acids is 1. The third-order valence-electron chi connectivity index (χ3n) is 2.54. The molecule has 2 rings (SSSR count). The maximum absolute atomic E-state index is 13.4. The summed E-state index contributed by atoms with van der Waals surface area (Å²) in [6, 6.07) is 5.60. The van der Waals surface area contributed by atoms with Gasteiger partial charge in [-0.1, -0.05) is 12.1 Å². The molecule has 0 aliphatic carbocycles. The molecule has 0 bridgehead atoms. The van der Waals surface area contributed by atoms with Gasteiger partial charge in [0.15, 0.2) is 5.13 Å². The molecule has 20 heavy (non-hydrogen) atoms. The first-order chi connectivity index (χ1) is 9.47. The van der Waals surface area contributed by atoms with E-state index in [2.05, 4.69) is 10.3 Å². The highest BCUT2D eigenvalue weighted by molar-refractivity contribution is 7.16. The summed E-state index contributed by atoms with van der Waals surface area (Å²) in [5, 5.41) is 11.5. The van der Waals surface area contributed by atoms with E-state index in [9.17, 15) is 14.0 Å². The van der Waals surface area contributed by atoms with E-state index in [4.69, 9.17) is 5.11 Å². The summed E-state index contributed by atoms with van der Waals surface area (Å²) in [7, 11) is 0. The summed E-state index contributed by atoms with van der Waals surface area (Å²) in [6.07, 6.45) is -0.154. The summed E-state index contributed by atoms with van der Waals surface area (Å²) in [5.41, 5.74) is 0.460. The van der Waals surface area contributed by atoms with E-state index in [1.165, 1.54) is 18.2 Å². The summed E-state index contributed by atoms with van der Waals surface area (Å²) in [6.45, 7) is 1.66. The maximum atomic E-state index is 13.4. The Bertz CT molecular complexity index is 669. The van der Waals surface area contributed by atoms with Gasteiger partial charge in [0.25, 0.3) is 5.91 Å². The van der Waals surface area contributed by atoms with E-state index in [0.29, 0.717) is 10.6 Å². The number of rotatable bonds is 4. The fraction of sp³-hybridized carbons (Fsp3) is 0.154. The van der Waals surface area contributed by atoms with Crippen molar-refractivity contribution in [1.29, 1.82) is 0 Å². The van der Waals surface area contributed by atoms with Crippen molar-refractivity contribution in [3.05, 3.63) is 46.2 Å². The second kappa shape index (κ2) is 5.79. The highest BCUT2D eigenvalue weighted by Gasteiger charge is 2.15. The number of hydrogen-bond donors (Lipinski definition) is 2. The van der Waals surface area contributed by atoms with Crippen molar-refractivity contribution in [3.63, 3.8) is 0 Å². The minimum Gasteiger partial charge on any atom is -0.481 e. The normalized spacial score (nSPS) is 10.3. The fourth-order valence-corrected chi connectivity index (χ4v) is 2.54. The number of amides is 1. The molecule has 0 saturated heterocycles. The zero-order chi connectivity index (χ0) is 14.7. The number of halogens is 1. The number of nitrogens with zero attached hydrogens (tertiary/aromatic N) is 1. The molecule has 1 aromatic heterocycles. The molecular formula is C13H11FN2O3S. The van der Waals surface area contributed by atoms with Gasteiger partial charge < -0.3 is 5.11 Å².